The van der Waals surface area contributed by atoms with Crippen LogP contribution < -0.4 is 10.6 Å². The van der Waals surface area contributed by atoms with Crippen molar-refractivity contribution in [3.8, 4) is 16.8 Å². The molecule has 12 heteroatoms. The number of nitrogens with one attached hydrogen (secondary N) is 2. The lowest BCUT2D eigenvalue weighted by Crippen LogP contribution is -2.24. The van der Waals surface area contributed by atoms with Crippen molar-refractivity contribution in [3.05, 3.63) is 83.7 Å². The van der Waals surface area contributed by atoms with E-state index < -0.39 is 23.7 Å². The monoisotopic (exact) mass is 525 g/mol. The van der Waals surface area contributed by atoms with Gasteiger partial charge in [0.05, 0.1) is 18.3 Å². The molecule has 2 aromatic carbocycles. The molecular formula is C26H26F3N7O2. The number of amides is 2. The third-order valence-corrected chi connectivity index (χ3v) is 5.77. The highest BCUT2D eigenvalue weighted by atomic mass is 19.4. The molecular weight excluding hydrogens is 499 g/mol. The molecule has 0 saturated heterocycles. The average molecular weight is 526 g/mol. The number of aromatic nitrogens is 4. The highest BCUT2D eigenvalue weighted by Gasteiger charge is 2.32. The van der Waals surface area contributed by atoms with Crippen LogP contribution in [0.25, 0.3) is 16.8 Å². The number of benzene rings is 2. The molecule has 0 aliphatic rings. The van der Waals surface area contributed by atoms with Gasteiger partial charge < -0.3 is 20.1 Å². The molecule has 0 saturated carbocycles. The topological polar surface area (TPSA) is 97.1 Å². The zero-order chi connectivity index (χ0) is 27.6. The first-order chi connectivity index (χ1) is 18.0. The smallest absolute Gasteiger partial charge is 0.339 e. The maximum absolute atomic E-state index is 13.7. The maximum Gasteiger partial charge on any atom is 0.416 e. The third kappa shape index (κ3) is 5.75. The van der Waals surface area contributed by atoms with Gasteiger partial charge in [0.1, 0.15) is 5.82 Å². The largest absolute Gasteiger partial charge is 0.416 e. The van der Waals surface area contributed by atoms with Crippen molar-refractivity contribution in [3.63, 3.8) is 0 Å². The SMILES string of the molecule is CNC(=O)n1cc(-c2cc(C(=O)Nc3cc(-n4ccnc4CN(C)C)cc(C(F)(F)F)c3)ccc2C)cn1. The summed E-state index contributed by atoms with van der Waals surface area (Å²) in [5.41, 5.74) is 1.62. The van der Waals surface area contributed by atoms with E-state index in [9.17, 15) is 22.8 Å². The fourth-order valence-electron chi connectivity index (χ4n) is 3.92. The minimum absolute atomic E-state index is 0.0149. The summed E-state index contributed by atoms with van der Waals surface area (Å²) in [6, 6.07) is 7.87. The van der Waals surface area contributed by atoms with Crippen LogP contribution in [0.2, 0.25) is 0 Å². The van der Waals surface area contributed by atoms with Crippen LogP contribution in [0.4, 0.5) is 23.7 Å². The van der Waals surface area contributed by atoms with Gasteiger partial charge in [0.25, 0.3) is 5.91 Å². The second kappa shape index (κ2) is 10.5. The van der Waals surface area contributed by atoms with Gasteiger partial charge >= 0.3 is 12.2 Å². The lowest BCUT2D eigenvalue weighted by atomic mass is 10.00. The normalized spacial score (nSPS) is 11.6. The molecule has 198 valence electrons. The number of anilines is 1. The van der Waals surface area contributed by atoms with Crippen LogP contribution in [0.15, 0.2) is 61.2 Å². The lowest BCUT2D eigenvalue weighted by molar-refractivity contribution is -0.137. The summed E-state index contributed by atoms with van der Waals surface area (Å²) in [5, 5.41) is 9.09. The number of hydrogen-bond acceptors (Lipinski definition) is 5. The van der Waals surface area contributed by atoms with Crippen molar-refractivity contribution in [2.24, 2.45) is 0 Å². The first kappa shape index (κ1) is 26.6. The second-order valence-electron chi connectivity index (χ2n) is 8.93. The van der Waals surface area contributed by atoms with Crippen LogP contribution in [-0.2, 0) is 12.7 Å². The van der Waals surface area contributed by atoms with Crippen molar-refractivity contribution in [2.75, 3.05) is 26.5 Å². The van der Waals surface area contributed by atoms with Crippen LogP contribution >= 0.6 is 0 Å². The molecule has 0 radical (unpaired) electrons. The standard InChI is InChI=1S/C26H26F3N7O2/c1-16-5-6-17(9-22(16)18-13-32-36(14-18)25(38)30-2)24(37)33-20-10-19(26(27,28)29)11-21(12-20)35-8-7-31-23(35)15-34(3)4/h5-14H,15H2,1-4H3,(H,30,38)(H,33,37). The van der Waals surface area contributed by atoms with Crippen LogP contribution in [-0.4, -0.2) is 57.3 Å². The molecule has 38 heavy (non-hydrogen) atoms. The van der Waals surface area contributed by atoms with Gasteiger partial charge in [-0.15, -0.1) is 0 Å². The summed E-state index contributed by atoms with van der Waals surface area (Å²) < 4.78 is 43.9. The van der Waals surface area contributed by atoms with Crippen LogP contribution in [0.3, 0.4) is 0 Å². The summed E-state index contributed by atoms with van der Waals surface area (Å²) in [4.78, 5) is 31.1. The van der Waals surface area contributed by atoms with Gasteiger partial charge in [-0.2, -0.15) is 23.0 Å². The minimum Gasteiger partial charge on any atom is -0.339 e. The molecule has 0 unspecified atom stereocenters. The van der Waals surface area contributed by atoms with Gasteiger partial charge in [0.2, 0.25) is 0 Å². The maximum atomic E-state index is 13.7. The van der Waals surface area contributed by atoms with E-state index in [0.29, 0.717) is 23.5 Å². The highest BCUT2D eigenvalue weighted by molar-refractivity contribution is 6.05. The molecule has 2 heterocycles. The Morgan fingerprint density at radius 3 is 2.55 bits per heavy atom. The van der Waals surface area contributed by atoms with Gasteiger partial charge in [0.15, 0.2) is 0 Å². The second-order valence-corrected chi connectivity index (χ2v) is 8.93. The molecule has 9 nitrogen and oxygen atoms in total. The Morgan fingerprint density at radius 2 is 1.87 bits per heavy atom. The number of nitrogens with zero attached hydrogens (tertiary/aromatic N) is 5. The van der Waals surface area contributed by atoms with Crippen molar-refractivity contribution >= 4 is 17.6 Å². The number of carbonyl (C=O) groups excluding carboxylic acids is 2. The Balaban J connectivity index is 1.68. The molecule has 4 aromatic rings. The summed E-state index contributed by atoms with van der Waals surface area (Å²) in [5.74, 6) is -0.0403. The quantitative estimate of drug-likeness (QED) is 0.385. The van der Waals surface area contributed by atoms with E-state index >= 15 is 0 Å². The minimum atomic E-state index is -4.63. The average Bonchev–Trinajstić information content (AvgIpc) is 3.53. The molecule has 0 spiro atoms. The van der Waals surface area contributed by atoms with Crippen LogP contribution in [0, 0.1) is 6.92 Å². The van der Waals surface area contributed by atoms with Crippen LogP contribution in [0.5, 0.6) is 0 Å². The van der Waals surface area contributed by atoms with Crippen molar-refractivity contribution in [1.82, 2.24) is 29.5 Å². The summed E-state index contributed by atoms with van der Waals surface area (Å²) >= 11 is 0. The van der Waals surface area contributed by atoms with E-state index in [1.54, 1.807) is 29.0 Å². The molecule has 0 aliphatic heterocycles. The van der Waals surface area contributed by atoms with Gasteiger partial charge in [0, 0.05) is 48.1 Å². The number of alkyl halides is 3. The number of imidazole rings is 1. The van der Waals surface area contributed by atoms with E-state index in [2.05, 4.69) is 20.7 Å². The molecule has 0 atom stereocenters. The summed E-state index contributed by atoms with van der Waals surface area (Å²) in [7, 11) is 5.14. The van der Waals surface area contributed by atoms with E-state index in [-0.39, 0.29) is 16.9 Å². The first-order valence-corrected chi connectivity index (χ1v) is 11.5. The molecule has 2 amide bonds. The number of halogens is 3. The predicted molar refractivity (Wildman–Crippen MR) is 136 cm³/mol. The highest BCUT2D eigenvalue weighted by Crippen LogP contribution is 2.33. The first-order valence-electron chi connectivity index (χ1n) is 11.5. The van der Waals surface area contributed by atoms with Gasteiger partial charge in [-0.1, -0.05) is 6.07 Å². The van der Waals surface area contributed by atoms with Gasteiger partial charge in [-0.25, -0.2) is 9.78 Å². The third-order valence-electron chi connectivity index (χ3n) is 5.77. The Hall–Kier alpha value is -4.45. The Kier molecular flexibility index (Phi) is 7.35. The summed E-state index contributed by atoms with van der Waals surface area (Å²) in [6.07, 6.45) is 1.48. The number of hydrogen-bond donors (Lipinski definition) is 2. The van der Waals surface area contributed by atoms with Crippen molar-refractivity contribution < 1.29 is 22.8 Å². The van der Waals surface area contributed by atoms with Crippen molar-refractivity contribution in [1.29, 1.82) is 0 Å². The number of carbonyl (C=O) groups is 2. The van der Waals surface area contributed by atoms with Crippen LogP contribution in [0.1, 0.15) is 27.3 Å². The predicted octanol–water partition coefficient (Wildman–Crippen LogP) is 4.56. The van der Waals surface area contributed by atoms with E-state index in [4.69, 9.17) is 0 Å². The molecule has 0 bridgehead atoms. The molecule has 4 rings (SSSR count). The Morgan fingerprint density at radius 1 is 1.11 bits per heavy atom. The zero-order valence-corrected chi connectivity index (χ0v) is 21.2. The van der Waals surface area contributed by atoms with E-state index in [0.717, 1.165) is 22.4 Å². The van der Waals surface area contributed by atoms with Crippen molar-refractivity contribution in [2.45, 2.75) is 19.6 Å². The molecule has 2 aromatic heterocycles. The Labute approximate surface area is 216 Å². The zero-order valence-electron chi connectivity index (χ0n) is 21.2. The molecule has 2 N–H and O–H groups in total. The van der Waals surface area contributed by atoms with Gasteiger partial charge in [-0.3, -0.25) is 4.79 Å². The fourth-order valence-corrected chi connectivity index (χ4v) is 3.92. The lowest BCUT2D eigenvalue weighted by Gasteiger charge is -2.16. The Bertz CT molecular complexity index is 1490. The van der Waals surface area contributed by atoms with E-state index in [1.165, 1.54) is 31.7 Å². The fraction of sp³-hybridized carbons (Fsp3) is 0.231. The van der Waals surface area contributed by atoms with Gasteiger partial charge in [-0.05, 0) is 62.5 Å². The van der Waals surface area contributed by atoms with E-state index in [1.807, 2.05) is 25.9 Å². The number of aryl methyl sites for hydroxylation is 1. The molecule has 0 fully saturated rings. The number of rotatable bonds is 6. The summed E-state index contributed by atoms with van der Waals surface area (Å²) in [6.45, 7) is 2.25. The molecule has 0 aliphatic carbocycles.